The molecule has 1 fully saturated rings. The minimum atomic E-state index is -0.253. The first kappa shape index (κ1) is 14.9. The quantitative estimate of drug-likeness (QED) is 0.750. The van der Waals surface area contributed by atoms with Gasteiger partial charge in [-0.1, -0.05) is 0 Å². The van der Waals surface area contributed by atoms with Crippen LogP contribution in [0.4, 0.5) is 0 Å². The Morgan fingerprint density at radius 3 is 2.20 bits per heavy atom. The number of hydrogen-bond acceptors (Lipinski definition) is 4. The molecule has 4 nitrogen and oxygen atoms in total. The van der Waals surface area contributed by atoms with Gasteiger partial charge in [-0.3, -0.25) is 4.79 Å². The lowest BCUT2D eigenvalue weighted by atomic mass is 9.75. The molecule has 0 saturated heterocycles. The Morgan fingerprint density at radius 2 is 1.75 bits per heavy atom. The molecule has 1 saturated carbocycles. The van der Waals surface area contributed by atoms with Crippen molar-refractivity contribution in [2.24, 2.45) is 0 Å². The van der Waals surface area contributed by atoms with Gasteiger partial charge in [0.1, 0.15) is 0 Å². The van der Waals surface area contributed by atoms with Crippen LogP contribution in [0.3, 0.4) is 0 Å². The lowest BCUT2D eigenvalue weighted by Crippen LogP contribution is -2.41. The van der Waals surface area contributed by atoms with Crippen molar-refractivity contribution in [3.63, 3.8) is 0 Å². The van der Waals surface area contributed by atoms with Gasteiger partial charge < -0.3 is 14.2 Å². The zero-order valence-corrected chi connectivity index (χ0v) is 12.6. The highest BCUT2D eigenvalue weighted by atomic mass is 16.5. The van der Waals surface area contributed by atoms with Crippen molar-refractivity contribution in [1.82, 2.24) is 0 Å². The first-order valence-electron chi connectivity index (χ1n) is 6.86. The van der Waals surface area contributed by atoms with E-state index in [4.69, 9.17) is 14.2 Å². The van der Waals surface area contributed by atoms with Crippen LogP contribution in [0.2, 0.25) is 0 Å². The van der Waals surface area contributed by atoms with Gasteiger partial charge in [0, 0.05) is 19.1 Å². The zero-order valence-electron chi connectivity index (χ0n) is 12.6. The Bertz CT molecular complexity index is 498. The minimum Gasteiger partial charge on any atom is -0.493 e. The normalized spacial score (nSPS) is 16.4. The van der Waals surface area contributed by atoms with Crippen molar-refractivity contribution in [2.45, 2.75) is 38.2 Å². The van der Waals surface area contributed by atoms with E-state index in [0.717, 1.165) is 24.8 Å². The van der Waals surface area contributed by atoms with Crippen molar-refractivity contribution < 1.29 is 19.0 Å². The number of Topliss-reactive ketones (excluding diaryl/α,β-unsaturated/α-hetero) is 1. The summed E-state index contributed by atoms with van der Waals surface area (Å²) in [5.74, 6) is 1.33. The molecule has 0 unspecified atom stereocenters. The number of carbonyl (C=O) groups is 1. The van der Waals surface area contributed by atoms with Crippen molar-refractivity contribution in [2.75, 3.05) is 21.3 Å². The van der Waals surface area contributed by atoms with E-state index in [9.17, 15) is 4.79 Å². The third kappa shape index (κ3) is 2.66. The van der Waals surface area contributed by atoms with Gasteiger partial charge in [0.05, 0.1) is 19.8 Å². The van der Waals surface area contributed by atoms with Crippen LogP contribution in [0, 0.1) is 6.92 Å². The summed E-state index contributed by atoms with van der Waals surface area (Å²) in [6.45, 7) is 1.91. The Balaban J connectivity index is 2.25. The van der Waals surface area contributed by atoms with Crippen molar-refractivity contribution in [3.05, 3.63) is 23.3 Å². The first-order valence-corrected chi connectivity index (χ1v) is 6.86. The van der Waals surface area contributed by atoms with Crippen LogP contribution in [-0.4, -0.2) is 32.7 Å². The van der Waals surface area contributed by atoms with Crippen LogP contribution in [0.1, 0.15) is 41.6 Å². The summed E-state index contributed by atoms with van der Waals surface area (Å²) in [6.07, 6.45) is 3.48. The van der Waals surface area contributed by atoms with Gasteiger partial charge in [-0.25, -0.2) is 0 Å². The average molecular weight is 278 g/mol. The number of aryl methyl sites for hydroxylation is 1. The molecule has 20 heavy (non-hydrogen) atoms. The van der Waals surface area contributed by atoms with E-state index in [1.807, 2.05) is 13.0 Å². The molecular formula is C16H22O4. The predicted octanol–water partition coefficient (Wildman–Crippen LogP) is 3.15. The molecule has 4 heteroatoms. The summed E-state index contributed by atoms with van der Waals surface area (Å²) >= 11 is 0. The molecule has 0 radical (unpaired) electrons. The molecule has 2 rings (SSSR count). The van der Waals surface area contributed by atoms with Gasteiger partial charge in [0.25, 0.3) is 0 Å². The van der Waals surface area contributed by atoms with E-state index in [0.29, 0.717) is 23.5 Å². The molecule has 1 aliphatic rings. The lowest BCUT2D eigenvalue weighted by molar-refractivity contribution is -0.0704. The Morgan fingerprint density at radius 1 is 1.15 bits per heavy atom. The topological polar surface area (TPSA) is 44.8 Å². The highest BCUT2D eigenvalue weighted by molar-refractivity contribution is 5.98. The molecule has 0 bridgehead atoms. The molecule has 0 N–H and O–H groups in total. The number of rotatable bonds is 6. The number of ether oxygens (including phenoxy) is 3. The van der Waals surface area contributed by atoms with Gasteiger partial charge >= 0.3 is 0 Å². The monoisotopic (exact) mass is 278 g/mol. The number of methoxy groups -OCH3 is 3. The molecule has 1 aliphatic carbocycles. The lowest BCUT2D eigenvalue weighted by Gasteiger charge is -2.40. The zero-order chi connectivity index (χ0) is 14.8. The van der Waals surface area contributed by atoms with Gasteiger partial charge in [0.2, 0.25) is 0 Å². The third-order valence-electron chi connectivity index (χ3n) is 4.21. The molecule has 110 valence electrons. The van der Waals surface area contributed by atoms with Crippen LogP contribution in [-0.2, 0) is 4.74 Å². The van der Waals surface area contributed by atoms with E-state index in [-0.39, 0.29) is 11.4 Å². The summed E-state index contributed by atoms with van der Waals surface area (Å²) in [7, 11) is 4.85. The number of benzene rings is 1. The molecule has 0 atom stereocenters. The largest absolute Gasteiger partial charge is 0.493 e. The fourth-order valence-electron chi connectivity index (χ4n) is 2.69. The Labute approximate surface area is 120 Å². The molecular weight excluding hydrogens is 256 g/mol. The highest BCUT2D eigenvalue weighted by Crippen LogP contribution is 2.40. The summed E-state index contributed by atoms with van der Waals surface area (Å²) in [6, 6.07) is 3.60. The smallest absolute Gasteiger partial charge is 0.166 e. The number of ketones is 1. The van der Waals surface area contributed by atoms with E-state index in [1.165, 1.54) is 0 Å². The summed E-state index contributed by atoms with van der Waals surface area (Å²) in [5, 5.41) is 0. The van der Waals surface area contributed by atoms with Crippen LogP contribution in [0.5, 0.6) is 11.5 Å². The predicted molar refractivity (Wildman–Crippen MR) is 76.8 cm³/mol. The summed E-state index contributed by atoms with van der Waals surface area (Å²) < 4.78 is 16.0. The van der Waals surface area contributed by atoms with E-state index >= 15 is 0 Å². The van der Waals surface area contributed by atoms with E-state index in [1.54, 1.807) is 27.4 Å². The molecule has 0 heterocycles. The molecule has 0 aliphatic heterocycles. The SMILES string of the molecule is COc1cc(C)c(C(=O)CC2(OC)CCC2)cc1OC. The molecule has 1 aromatic carbocycles. The van der Waals surface area contributed by atoms with Crippen LogP contribution in [0.15, 0.2) is 12.1 Å². The molecule has 0 spiro atoms. The standard InChI is InChI=1S/C16H22O4/c1-11-8-14(18-2)15(19-3)9-12(11)13(17)10-16(20-4)6-5-7-16/h8-9H,5-7,10H2,1-4H3. The molecule has 1 aromatic rings. The van der Waals surface area contributed by atoms with Crippen molar-refractivity contribution in [3.8, 4) is 11.5 Å². The third-order valence-corrected chi connectivity index (χ3v) is 4.21. The van der Waals surface area contributed by atoms with Crippen LogP contribution < -0.4 is 9.47 Å². The fraction of sp³-hybridized carbons (Fsp3) is 0.562. The average Bonchev–Trinajstić information content (AvgIpc) is 2.42. The van der Waals surface area contributed by atoms with Gasteiger partial charge in [-0.2, -0.15) is 0 Å². The van der Waals surface area contributed by atoms with Crippen molar-refractivity contribution >= 4 is 5.78 Å². The van der Waals surface area contributed by atoms with E-state index in [2.05, 4.69) is 0 Å². The maximum absolute atomic E-state index is 12.5. The fourth-order valence-corrected chi connectivity index (χ4v) is 2.69. The Kier molecular flexibility index (Phi) is 4.33. The maximum atomic E-state index is 12.5. The first-order chi connectivity index (χ1) is 9.55. The van der Waals surface area contributed by atoms with Gasteiger partial charge in [-0.15, -0.1) is 0 Å². The highest BCUT2D eigenvalue weighted by Gasteiger charge is 2.39. The number of carbonyl (C=O) groups excluding carboxylic acids is 1. The van der Waals surface area contributed by atoms with Gasteiger partial charge in [0.15, 0.2) is 17.3 Å². The van der Waals surface area contributed by atoms with Crippen molar-refractivity contribution in [1.29, 1.82) is 0 Å². The maximum Gasteiger partial charge on any atom is 0.166 e. The second kappa shape index (κ2) is 5.83. The van der Waals surface area contributed by atoms with E-state index < -0.39 is 0 Å². The molecule has 0 aromatic heterocycles. The van der Waals surface area contributed by atoms with Crippen LogP contribution >= 0.6 is 0 Å². The summed E-state index contributed by atoms with van der Waals surface area (Å²) in [5.41, 5.74) is 1.33. The number of hydrogen-bond donors (Lipinski definition) is 0. The molecule has 0 amide bonds. The second-order valence-corrected chi connectivity index (χ2v) is 5.36. The van der Waals surface area contributed by atoms with Crippen LogP contribution in [0.25, 0.3) is 0 Å². The minimum absolute atomic E-state index is 0.102. The second-order valence-electron chi connectivity index (χ2n) is 5.36. The summed E-state index contributed by atoms with van der Waals surface area (Å²) in [4.78, 5) is 12.5. The Hall–Kier alpha value is -1.55. The van der Waals surface area contributed by atoms with Gasteiger partial charge in [-0.05, 0) is 43.9 Å².